The maximum Gasteiger partial charge on any atom is 0.107 e. The van der Waals surface area contributed by atoms with Crippen molar-refractivity contribution in [1.29, 1.82) is 0 Å². The molecule has 0 nitrogen and oxygen atoms in total. The highest BCUT2D eigenvalue weighted by atomic mass is 14.1. The molecule has 11 heavy (non-hydrogen) atoms. The number of rotatable bonds is 1. The molecule has 0 saturated carbocycles. The number of hydrogen-bond donors (Lipinski definition) is 0. The van der Waals surface area contributed by atoms with Gasteiger partial charge in [0.1, 0.15) is 7.85 Å². The molecular formula is C10H15B. The molecule has 0 heterocycles. The molecular weight excluding hydrogens is 131 g/mol. The van der Waals surface area contributed by atoms with Crippen LogP contribution in [0.4, 0.5) is 0 Å². The minimum Gasteiger partial charge on any atom is -0.118 e. The van der Waals surface area contributed by atoms with Crippen molar-refractivity contribution in [3.8, 4) is 0 Å². The van der Waals surface area contributed by atoms with Crippen molar-refractivity contribution in [3.05, 3.63) is 23.2 Å². The summed E-state index contributed by atoms with van der Waals surface area (Å²) >= 11 is 0. The molecule has 0 aliphatic heterocycles. The fourth-order valence-electron chi connectivity index (χ4n) is 1.36. The summed E-state index contributed by atoms with van der Waals surface area (Å²) in [4.78, 5) is 0. The van der Waals surface area contributed by atoms with Gasteiger partial charge in [0.05, 0.1) is 0 Å². The molecule has 0 aromatic rings. The maximum absolute atomic E-state index is 5.71. The summed E-state index contributed by atoms with van der Waals surface area (Å²) in [6.07, 6.45) is 7.74. The molecule has 0 aromatic heterocycles. The molecule has 0 amide bonds. The van der Waals surface area contributed by atoms with Gasteiger partial charge in [-0.15, -0.1) is 5.47 Å². The van der Waals surface area contributed by atoms with Crippen LogP contribution in [-0.2, 0) is 0 Å². The summed E-state index contributed by atoms with van der Waals surface area (Å²) in [6, 6.07) is 0. The Kier molecular flexibility index (Phi) is 2.98. The van der Waals surface area contributed by atoms with Crippen LogP contribution in [-0.4, -0.2) is 7.85 Å². The summed E-state index contributed by atoms with van der Waals surface area (Å²) in [5, 5.41) is 0. The lowest BCUT2D eigenvalue weighted by Gasteiger charge is -2.07. The molecule has 1 rings (SSSR count). The standard InChI is InChI=1S/C10H15B/c1-8(2)9-4-3-5-10(11)7-6-9/h6-8H,3-5H2,1-2H3. The minimum atomic E-state index is 0.678. The monoisotopic (exact) mass is 146 g/mol. The third-order valence-electron chi connectivity index (χ3n) is 2.18. The first kappa shape index (κ1) is 8.64. The van der Waals surface area contributed by atoms with Crippen molar-refractivity contribution < 1.29 is 0 Å². The average molecular weight is 146 g/mol. The summed E-state index contributed by atoms with van der Waals surface area (Å²) in [7, 11) is 5.71. The van der Waals surface area contributed by atoms with Crippen LogP contribution in [0.5, 0.6) is 0 Å². The smallest absolute Gasteiger partial charge is 0.107 e. The van der Waals surface area contributed by atoms with Crippen molar-refractivity contribution in [3.63, 3.8) is 0 Å². The first-order valence-electron chi connectivity index (χ1n) is 4.35. The highest BCUT2D eigenvalue weighted by molar-refractivity contribution is 6.21. The van der Waals surface area contributed by atoms with E-state index in [4.69, 9.17) is 7.85 Å². The second-order valence-electron chi connectivity index (χ2n) is 3.49. The first-order chi connectivity index (χ1) is 5.20. The number of allylic oxidation sites excluding steroid dienone is 4. The predicted octanol–water partition coefficient (Wildman–Crippen LogP) is 2.81. The third kappa shape index (κ3) is 2.57. The van der Waals surface area contributed by atoms with Crippen molar-refractivity contribution in [2.24, 2.45) is 5.92 Å². The lowest BCUT2D eigenvalue weighted by Crippen LogP contribution is -1.92. The molecule has 1 aliphatic carbocycles. The Labute approximate surface area is 70.8 Å². The van der Waals surface area contributed by atoms with E-state index in [1.54, 1.807) is 0 Å². The Bertz CT molecular complexity index is 187. The van der Waals surface area contributed by atoms with E-state index < -0.39 is 0 Å². The molecule has 0 bridgehead atoms. The summed E-state index contributed by atoms with van der Waals surface area (Å²) < 4.78 is 0. The van der Waals surface area contributed by atoms with Gasteiger partial charge in [-0.2, -0.15) is 0 Å². The highest BCUT2D eigenvalue weighted by Gasteiger charge is 2.04. The van der Waals surface area contributed by atoms with E-state index in [1.807, 2.05) is 0 Å². The van der Waals surface area contributed by atoms with Crippen LogP contribution in [0.3, 0.4) is 0 Å². The molecule has 0 unspecified atom stereocenters. The van der Waals surface area contributed by atoms with Gasteiger partial charge in [0.15, 0.2) is 0 Å². The molecule has 0 fully saturated rings. The van der Waals surface area contributed by atoms with Crippen molar-refractivity contribution in [1.82, 2.24) is 0 Å². The zero-order valence-electron chi connectivity index (χ0n) is 7.43. The second-order valence-corrected chi connectivity index (χ2v) is 3.49. The molecule has 0 atom stereocenters. The molecule has 1 aliphatic rings. The van der Waals surface area contributed by atoms with Gasteiger partial charge in [0, 0.05) is 0 Å². The Morgan fingerprint density at radius 3 is 2.64 bits per heavy atom. The van der Waals surface area contributed by atoms with Crippen LogP contribution < -0.4 is 0 Å². The Morgan fingerprint density at radius 2 is 2.00 bits per heavy atom. The van der Waals surface area contributed by atoms with E-state index in [0.717, 1.165) is 11.9 Å². The van der Waals surface area contributed by atoms with Gasteiger partial charge in [-0.3, -0.25) is 0 Å². The minimum absolute atomic E-state index is 0.678. The van der Waals surface area contributed by atoms with Gasteiger partial charge in [0.2, 0.25) is 0 Å². The summed E-state index contributed by atoms with van der Waals surface area (Å²) in [6.45, 7) is 4.47. The van der Waals surface area contributed by atoms with E-state index >= 15 is 0 Å². The molecule has 0 aromatic carbocycles. The molecule has 2 radical (unpaired) electrons. The molecule has 58 valence electrons. The van der Waals surface area contributed by atoms with Crippen LogP contribution in [0.25, 0.3) is 0 Å². The first-order valence-corrected chi connectivity index (χ1v) is 4.35. The van der Waals surface area contributed by atoms with Crippen molar-refractivity contribution in [2.75, 3.05) is 0 Å². The molecule has 0 saturated heterocycles. The van der Waals surface area contributed by atoms with Gasteiger partial charge in [-0.05, 0) is 25.2 Å². The van der Waals surface area contributed by atoms with E-state index in [9.17, 15) is 0 Å². The SMILES string of the molecule is [B]C1=CC=C(C(C)C)CCC1. The van der Waals surface area contributed by atoms with Gasteiger partial charge < -0.3 is 0 Å². The lowest BCUT2D eigenvalue weighted by molar-refractivity contribution is 0.690. The third-order valence-corrected chi connectivity index (χ3v) is 2.18. The van der Waals surface area contributed by atoms with Gasteiger partial charge >= 0.3 is 0 Å². The average Bonchev–Trinajstić information content (AvgIpc) is 2.13. The molecule has 0 N–H and O–H groups in total. The number of hydrogen-bond acceptors (Lipinski definition) is 0. The van der Waals surface area contributed by atoms with Gasteiger partial charge in [-0.25, -0.2) is 0 Å². The van der Waals surface area contributed by atoms with E-state index in [0.29, 0.717) is 5.92 Å². The highest BCUT2D eigenvalue weighted by Crippen LogP contribution is 2.21. The fourth-order valence-corrected chi connectivity index (χ4v) is 1.36. The zero-order chi connectivity index (χ0) is 8.27. The molecule has 1 heteroatoms. The Hall–Kier alpha value is -0.455. The van der Waals surface area contributed by atoms with Crippen LogP contribution in [0.1, 0.15) is 33.1 Å². The van der Waals surface area contributed by atoms with E-state index in [1.165, 1.54) is 18.4 Å². The largest absolute Gasteiger partial charge is 0.118 e. The second kappa shape index (κ2) is 3.80. The van der Waals surface area contributed by atoms with Crippen LogP contribution in [0, 0.1) is 5.92 Å². The Balaban J connectivity index is 2.67. The fraction of sp³-hybridized carbons (Fsp3) is 0.600. The predicted molar refractivity (Wildman–Crippen MR) is 50.6 cm³/mol. The zero-order valence-corrected chi connectivity index (χ0v) is 7.43. The quantitative estimate of drug-likeness (QED) is 0.499. The van der Waals surface area contributed by atoms with Crippen molar-refractivity contribution in [2.45, 2.75) is 33.1 Å². The summed E-state index contributed by atoms with van der Waals surface area (Å²) in [5.41, 5.74) is 2.56. The normalized spacial score (nSPS) is 19.2. The lowest BCUT2D eigenvalue weighted by atomic mass is 9.91. The van der Waals surface area contributed by atoms with Crippen LogP contribution in [0.15, 0.2) is 23.2 Å². The van der Waals surface area contributed by atoms with E-state index in [-0.39, 0.29) is 0 Å². The van der Waals surface area contributed by atoms with E-state index in [2.05, 4.69) is 26.0 Å². The van der Waals surface area contributed by atoms with Crippen molar-refractivity contribution >= 4 is 7.85 Å². The van der Waals surface area contributed by atoms with Gasteiger partial charge in [-0.1, -0.05) is 31.6 Å². The summed E-state index contributed by atoms with van der Waals surface area (Å²) in [5.74, 6) is 0.678. The molecule has 0 spiro atoms. The van der Waals surface area contributed by atoms with Gasteiger partial charge in [0.25, 0.3) is 0 Å². The van der Waals surface area contributed by atoms with Crippen LogP contribution >= 0.6 is 0 Å². The maximum atomic E-state index is 5.71. The topological polar surface area (TPSA) is 0 Å². The van der Waals surface area contributed by atoms with Crippen LogP contribution in [0.2, 0.25) is 0 Å². The Morgan fingerprint density at radius 1 is 1.27 bits per heavy atom.